The summed E-state index contributed by atoms with van der Waals surface area (Å²) in [6, 6.07) is 14.5. The van der Waals surface area contributed by atoms with Gasteiger partial charge in [-0.2, -0.15) is 0 Å². The topological polar surface area (TPSA) is 124 Å². The molecule has 196 valence electrons. The summed E-state index contributed by atoms with van der Waals surface area (Å²) in [6.07, 6.45) is 1.61. The Morgan fingerprint density at radius 3 is 2.32 bits per heavy atom. The first-order valence-corrected chi connectivity index (χ1v) is 15.0. The van der Waals surface area contributed by atoms with Gasteiger partial charge in [0.1, 0.15) is 23.1 Å². The molecular weight excluding hydrogens is 519 g/mol. The summed E-state index contributed by atoms with van der Waals surface area (Å²) in [4.78, 5) is 14.6. The van der Waals surface area contributed by atoms with Crippen LogP contribution in [-0.4, -0.2) is 47.1 Å². The molecule has 0 radical (unpaired) electrons. The van der Waals surface area contributed by atoms with E-state index in [2.05, 4.69) is 0 Å². The number of fused-ring (bicyclic) bond motifs is 1. The number of sulfonamides is 1. The Morgan fingerprint density at radius 1 is 1.03 bits per heavy atom. The second-order valence-electron chi connectivity index (χ2n) is 8.91. The monoisotopic (exact) mass is 546 g/mol. The molecule has 1 aliphatic rings. The maximum Gasteiger partial charge on any atom is 0.254 e. The maximum atomic E-state index is 15.0. The number of amides is 1. The zero-order valence-electron chi connectivity index (χ0n) is 20.4. The van der Waals surface area contributed by atoms with Gasteiger partial charge in [-0.3, -0.25) is 4.79 Å². The van der Waals surface area contributed by atoms with Gasteiger partial charge in [0.15, 0.2) is 9.84 Å². The minimum Gasteiger partial charge on any atom is -0.491 e. The van der Waals surface area contributed by atoms with Crippen LogP contribution in [0.1, 0.15) is 39.5 Å². The van der Waals surface area contributed by atoms with E-state index in [1.54, 1.807) is 24.0 Å². The van der Waals surface area contributed by atoms with Gasteiger partial charge in [-0.25, -0.2) is 26.4 Å². The number of carbonyl (C=O) groups is 1. The van der Waals surface area contributed by atoms with E-state index in [1.807, 2.05) is 18.2 Å². The van der Waals surface area contributed by atoms with Gasteiger partial charge in [0.25, 0.3) is 5.91 Å². The first kappa shape index (κ1) is 26.8. The Bertz CT molecular complexity index is 1570. The van der Waals surface area contributed by atoms with E-state index < -0.39 is 36.5 Å². The molecule has 1 aliphatic heterocycles. The average Bonchev–Trinajstić information content (AvgIpc) is 3.04. The van der Waals surface area contributed by atoms with Gasteiger partial charge in [-0.15, -0.1) is 0 Å². The molecule has 0 fully saturated rings. The van der Waals surface area contributed by atoms with Crippen molar-refractivity contribution in [2.75, 3.05) is 19.4 Å². The minimum absolute atomic E-state index is 0.0354. The molecule has 0 spiro atoms. The van der Waals surface area contributed by atoms with Crippen molar-refractivity contribution >= 4 is 25.8 Å². The lowest BCUT2D eigenvalue weighted by Gasteiger charge is -2.22. The van der Waals surface area contributed by atoms with Crippen LogP contribution in [0.25, 0.3) is 0 Å². The van der Waals surface area contributed by atoms with Crippen LogP contribution in [0.5, 0.6) is 5.75 Å². The van der Waals surface area contributed by atoms with E-state index in [9.17, 15) is 21.6 Å². The second-order valence-corrected chi connectivity index (χ2v) is 12.5. The van der Waals surface area contributed by atoms with Crippen LogP contribution in [0.15, 0.2) is 64.4 Å². The minimum atomic E-state index is -3.78. The van der Waals surface area contributed by atoms with Crippen molar-refractivity contribution in [1.82, 2.24) is 4.90 Å². The molecular formula is C26H27FN2O6S2. The van der Waals surface area contributed by atoms with E-state index in [4.69, 9.17) is 9.88 Å². The van der Waals surface area contributed by atoms with Gasteiger partial charge in [-0.1, -0.05) is 25.1 Å². The summed E-state index contributed by atoms with van der Waals surface area (Å²) in [5.74, 6) is -0.660. The number of halogens is 1. The first-order valence-electron chi connectivity index (χ1n) is 11.6. The zero-order chi connectivity index (χ0) is 27.0. The van der Waals surface area contributed by atoms with Crippen molar-refractivity contribution in [3.63, 3.8) is 0 Å². The molecule has 0 aromatic heterocycles. The predicted octanol–water partition coefficient (Wildman–Crippen LogP) is 3.06. The maximum absolute atomic E-state index is 15.0. The van der Waals surface area contributed by atoms with E-state index in [0.29, 0.717) is 12.2 Å². The molecule has 0 unspecified atom stereocenters. The lowest BCUT2D eigenvalue weighted by atomic mass is 10.0. The molecule has 37 heavy (non-hydrogen) atoms. The van der Waals surface area contributed by atoms with Crippen LogP contribution in [0.4, 0.5) is 4.39 Å². The fraction of sp³-hybridized carbons (Fsp3) is 0.269. The first-order chi connectivity index (χ1) is 17.4. The lowest BCUT2D eigenvalue weighted by molar-refractivity contribution is 0.0731. The Kier molecular flexibility index (Phi) is 7.40. The number of nitrogens with zero attached hydrogens (tertiary/aromatic N) is 1. The SMILES string of the molecule is CCc1c(C(=O)N2CCOc3ccc(Cc4ccc(S(N)(=O)=O)cc4)cc3C2)ccc(S(C)(=O)=O)c1F. The third kappa shape index (κ3) is 5.84. The van der Waals surface area contributed by atoms with E-state index in [-0.39, 0.29) is 42.1 Å². The third-order valence-electron chi connectivity index (χ3n) is 6.24. The molecule has 1 amide bonds. The normalized spacial score (nSPS) is 14.0. The van der Waals surface area contributed by atoms with Crippen LogP contribution < -0.4 is 9.88 Å². The van der Waals surface area contributed by atoms with Gasteiger partial charge < -0.3 is 9.64 Å². The molecule has 2 N–H and O–H groups in total. The predicted molar refractivity (Wildman–Crippen MR) is 136 cm³/mol. The number of carbonyl (C=O) groups excluding carboxylic acids is 1. The second kappa shape index (κ2) is 10.2. The Morgan fingerprint density at radius 2 is 1.70 bits per heavy atom. The molecule has 0 bridgehead atoms. The number of hydrogen-bond acceptors (Lipinski definition) is 6. The molecule has 1 heterocycles. The fourth-order valence-corrected chi connectivity index (χ4v) is 5.65. The number of rotatable bonds is 6. The summed E-state index contributed by atoms with van der Waals surface area (Å²) in [5, 5.41) is 5.16. The van der Waals surface area contributed by atoms with Gasteiger partial charge in [0.05, 0.1) is 11.4 Å². The van der Waals surface area contributed by atoms with Crippen molar-refractivity contribution in [2.45, 2.75) is 36.1 Å². The highest BCUT2D eigenvalue weighted by Crippen LogP contribution is 2.28. The molecule has 8 nitrogen and oxygen atoms in total. The highest BCUT2D eigenvalue weighted by atomic mass is 32.2. The quantitative estimate of drug-likeness (QED) is 0.507. The highest BCUT2D eigenvalue weighted by Gasteiger charge is 2.27. The fourth-order valence-electron chi connectivity index (χ4n) is 4.37. The van der Waals surface area contributed by atoms with Gasteiger partial charge >= 0.3 is 0 Å². The summed E-state index contributed by atoms with van der Waals surface area (Å²) in [7, 11) is -7.55. The largest absolute Gasteiger partial charge is 0.491 e. The summed E-state index contributed by atoms with van der Waals surface area (Å²) in [6.45, 7) is 2.42. The number of sulfone groups is 1. The van der Waals surface area contributed by atoms with E-state index in [1.165, 1.54) is 18.2 Å². The number of primary sulfonamides is 1. The lowest BCUT2D eigenvalue weighted by Crippen LogP contribution is -2.33. The molecule has 0 atom stereocenters. The number of hydrogen-bond donors (Lipinski definition) is 1. The Labute approximate surface area is 215 Å². The van der Waals surface area contributed by atoms with Crippen LogP contribution >= 0.6 is 0 Å². The molecule has 11 heteroatoms. The van der Waals surface area contributed by atoms with E-state index in [0.717, 1.165) is 29.0 Å². The number of benzene rings is 3. The summed E-state index contributed by atoms with van der Waals surface area (Å²) < 4.78 is 67.7. The standard InChI is InChI=1S/C26H27FN2O6S2/c1-3-21-22(9-11-24(25(21)27)36(2,31)32)26(30)29-12-13-35-23-10-6-18(15-19(23)16-29)14-17-4-7-20(8-5-17)37(28,33)34/h4-11,15H,3,12-14,16H2,1-2H3,(H2,28,33,34). The molecule has 3 aromatic rings. The summed E-state index contributed by atoms with van der Waals surface area (Å²) >= 11 is 0. The van der Waals surface area contributed by atoms with Crippen molar-refractivity contribution in [3.8, 4) is 5.75 Å². The molecule has 0 saturated heterocycles. The van der Waals surface area contributed by atoms with Gasteiger partial charge in [0, 0.05) is 29.5 Å². The molecule has 0 saturated carbocycles. The van der Waals surface area contributed by atoms with Gasteiger partial charge in [-0.05, 0) is 60.4 Å². The Hall–Kier alpha value is -3.28. The van der Waals surface area contributed by atoms with Crippen LogP contribution in [0.2, 0.25) is 0 Å². The van der Waals surface area contributed by atoms with Crippen molar-refractivity contribution < 1.29 is 30.8 Å². The van der Waals surface area contributed by atoms with Crippen molar-refractivity contribution in [3.05, 3.63) is 88.2 Å². The molecule has 4 rings (SSSR count). The smallest absolute Gasteiger partial charge is 0.254 e. The zero-order valence-corrected chi connectivity index (χ0v) is 22.0. The number of nitrogens with two attached hydrogens (primary N) is 1. The van der Waals surface area contributed by atoms with Gasteiger partial charge in [0.2, 0.25) is 10.0 Å². The van der Waals surface area contributed by atoms with Crippen LogP contribution in [-0.2, 0) is 39.2 Å². The molecule has 3 aromatic carbocycles. The van der Waals surface area contributed by atoms with Crippen LogP contribution in [0, 0.1) is 5.82 Å². The Balaban J connectivity index is 1.60. The third-order valence-corrected chi connectivity index (χ3v) is 8.29. The number of ether oxygens (including phenoxy) is 1. The van der Waals surface area contributed by atoms with Crippen molar-refractivity contribution in [1.29, 1.82) is 0 Å². The highest BCUT2D eigenvalue weighted by molar-refractivity contribution is 7.90. The van der Waals surface area contributed by atoms with Crippen molar-refractivity contribution in [2.24, 2.45) is 5.14 Å². The van der Waals surface area contributed by atoms with Crippen LogP contribution in [0.3, 0.4) is 0 Å². The summed E-state index contributed by atoms with van der Waals surface area (Å²) in [5.41, 5.74) is 2.77. The van der Waals surface area contributed by atoms with E-state index >= 15 is 4.39 Å². The average molecular weight is 547 g/mol. The molecule has 0 aliphatic carbocycles.